The molecular formula is C14H19N3. The summed E-state index contributed by atoms with van der Waals surface area (Å²) in [6, 6.07) is 6.55. The van der Waals surface area contributed by atoms with Gasteiger partial charge in [0.25, 0.3) is 0 Å². The summed E-state index contributed by atoms with van der Waals surface area (Å²) in [4.78, 5) is 8.93. The van der Waals surface area contributed by atoms with Crippen molar-refractivity contribution in [3.63, 3.8) is 0 Å². The summed E-state index contributed by atoms with van der Waals surface area (Å²) in [6.07, 6.45) is 1.79. The van der Waals surface area contributed by atoms with Gasteiger partial charge < -0.3 is 5.32 Å². The second kappa shape index (κ2) is 4.70. The van der Waals surface area contributed by atoms with Crippen LogP contribution in [0.1, 0.15) is 39.3 Å². The van der Waals surface area contributed by atoms with E-state index >= 15 is 0 Å². The monoisotopic (exact) mass is 229 g/mol. The second-order valence-electron chi connectivity index (χ2n) is 4.92. The molecule has 0 fully saturated rings. The highest BCUT2D eigenvalue weighted by Crippen LogP contribution is 2.25. The van der Waals surface area contributed by atoms with Gasteiger partial charge in [-0.1, -0.05) is 13.8 Å². The Bertz CT molecular complexity index is 518. The van der Waals surface area contributed by atoms with Crippen LogP contribution in [0, 0.1) is 0 Å². The summed E-state index contributed by atoms with van der Waals surface area (Å²) in [5, 5.41) is 4.55. The summed E-state index contributed by atoms with van der Waals surface area (Å²) >= 11 is 0. The average molecular weight is 229 g/mol. The van der Waals surface area contributed by atoms with Crippen molar-refractivity contribution in [1.82, 2.24) is 9.97 Å². The minimum absolute atomic E-state index is 0.404. The number of hydrogen-bond acceptors (Lipinski definition) is 3. The van der Waals surface area contributed by atoms with Crippen LogP contribution in [-0.4, -0.2) is 16.0 Å². The van der Waals surface area contributed by atoms with E-state index in [1.54, 1.807) is 6.20 Å². The van der Waals surface area contributed by atoms with E-state index in [0.717, 1.165) is 22.4 Å². The molecule has 0 unspecified atom stereocenters. The molecule has 0 bridgehead atoms. The summed E-state index contributed by atoms with van der Waals surface area (Å²) < 4.78 is 0. The molecule has 17 heavy (non-hydrogen) atoms. The van der Waals surface area contributed by atoms with Gasteiger partial charge in [0, 0.05) is 29.0 Å². The lowest BCUT2D eigenvalue weighted by atomic mass is 10.1. The Morgan fingerprint density at radius 1 is 1.18 bits per heavy atom. The molecule has 0 aromatic carbocycles. The van der Waals surface area contributed by atoms with Gasteiger partial charge in [0.05, 0.1) is 0 Å². The number of anilines is 1. The predicted molar refractivity (Wildman–Crippen MR) is 72.4 cm³/mol. The fourth-order valence-electron chi connectivity index (χ4n) is 1.80. The van der Waals surface area contributed by atoms with E-state index < -0.39 is 0 Å². The zero-order chi connectivity index (χ0) is 12.4. The first-order valence-electron chi connectivity index (χ1n) is 6.10. The third-order valence-electron chi connectivity index (χ3n) is 2.64. The van der Waals surface area contributed by atoms with Crippen LogP contribution in [0.5, 0.6) is 0 Å². The Labute approximate surface area is 102 Å². The molecule has 2 heterocycles. The largest absolute Gasteiger partial charge is 0.382 e. The van der Waals surface area contributed by atoms with Crippen LogP contribution in [0.2, 0.25) is 0 Å². The van der Waals surface area contributed by atoms with Gasteiger partial charge >= 0.3 is 0 Å². The summed E-state index contributed by atoms with van der Waals surface area (Å²) in [7, 11) is 0. The molecule has 0 saturated carbocycles. The topological polar surface area (TPSA) is 37.8 Å². The van der Waals surface area contributed by atoms with E-state index in [2.05, 4.69) is 55.1 Å². The van der Waals surface area contributed by atoms with E-state index in [9.17, 15) is 0 Å². The molecule has 3 heteroatoms. The predicted octanol–water partition coefficient (Wildman–Crippen LogP) is 3.57. The molecule has 0 aliphatic heterocycles. The van der Waals surface area contributed by atoms with Gasteiger partial charge in [0.2, 0.25) is 0 Å². The maximum absolute atomic E-state index is 4.59. The van der Waals surface area contributed by atoms with E-state index in [-0.39, 0.29) is 0 Å². The highest BCUT2D eigenvalue weighted by molar-refractivity contribution is 5.89. The minimum Gasteiger partial charge on any atom is -0.382 e. The molecule has 0 aliphatic carbocycles. The zero-order valence-electron chi connectivity index (χ0n) is 10.9. The molecule has 0 atom stereocenters. The summed E-state index contributed by atoms with van der Waals surface area (Å²) in [5.41, 5.74) is 3.03. The summed E-state index contributed by atoms with van der Waals surface area (Å²) in [5.74, 6) is 0.411. The van der Waals surface area contributed by atoms with Crippen LogP contribution >= 0.6 is 0 Å². The zero-order valence-corrected chi connectivity index (χ0v) is 10.9. The molecule has 0 saturated heterocycles. The molecule has 0 aliphatic rings. The highest BCUT2D eigenvalue weighted by Gasteiger charge is 2.09. The van der Waals surface area contributed by atoms with Crippen molar-refractivity contribution in [2.75, 3.05) is 5.32 Å². The number of hydrogen-bond donors (Lipinski definition) is 1. The van der Waals surface area contributed by atoms with E-state index in [1.807, 2.05) is 6.07 Å². The van der Waals surface area contributed by atoms with Crippen molar-refractivity contribution in [2.45, 2.75) is 39.7 Å². The number of aromatic nitrogens is 2. The van der Waals surface area contributed by atoms with Crippen LogP contribution in [0.3, 0.4) is 0 Å². The van der Waals surface area contributed by atoms with E-state index in [0.29, 0.717) is 12.0 Å². The SMILES string of the molecule is CC(C)Nc1cc(C(C)C)nc2ncccc12. The molecule has 0 spiro atoms. The quantitative estimate of drug-likeness (QED) is 0.874. The maximum atomic E-state index is 4.59. The second-order valence-corrected chi connectivity index (χ2v) is 4.92. The number of fused-ring (bicyclic) bond motifs is 1. The Morgan fingerprint density at radius 2 is 1.94 bits per heavy atom. The van der Waals surface area contributed by atoms with Gasteiger partial charge in [-0.25, -0.2) is 9.97 Å². The van der Waals surface area contributed by atoms with Gasteiger partial charge in [-0.2, -0.15) is 0 Å². The molecular weight excluding hydrogens is 210 g/mol. The highest BCUT2D eigenvalue weighted by atomic mass is 14.9. The van der Waals surface area contributed by atoms with Gasteiger partial charge in [-0.3, -0.25) is 0 Å². The number of pyridine rings is 2. The molecule has 2 aromatic heterocycles. The van der Waals surface area contributed by atoms with Crippen LogP contribution in [0.4, 0.5) is 5.69 Å². The van der Waals surface area contributed by atoms with Gasteiger partial charge in [0.15, 0.2) is 5.65 Å². The molecule has 90 valence electrons. The number of rotatable bonds is 3. The maximum Gasteiger partial charge on any atom is 0.161 e. The average Bonchev–Trinajstić information content (AvgIpc) is 2.28. The lowest BCUT2D eigenvalue weighted by Crippen LogP contribution is -2.11. The molecule has 2 aromatic rings. The Balaban J connectivity index is 2.60. The minimum atomic E-state index is 0.404. The van der Waals surface area contributed by atoms with Gasteiger partial charge in [-0.05, 0) is 38.0 Å². The Morgan fingerprint density at radius 3 is 2.59 bits per heavy atom. The number of nitrogens with one attached hydrogen (secondary N) is 1. The molecule has 0 amide bonds. The van der Waals surface area contributed by atoms with Crippen LogP contribution in [0.15, 0.2) is 24.4 Å². The third-order valence-corrected chi connectivity index (χ3v) is 2.64. The fraction of sp³-hybridized carbons (Fsp3) is 0.429. The van der Waals surface area contributed by atoms with Gasteiger partial charge in [0.1, 0.15) is 0 Å². The van der Waals surface area contributed by atoms with Crippen molar-refractivity contribution < 1.29 is 0 Å². The Kier molecular flexibility index (Phi) is 3.27. The molecule has 0 radical (unpaired) electrons. The van der Waals surface area contributed by atoms with E-state index in [4.69, 9.17) is 0 Å². The van der Waals surface area contributed by atoms with Crippen molar-refractivity contribution in [3.05, 3.63) is 30.1 Å². The van der Waals surface area contributed by atoms with Gasteiger partial charge in [-0.15, -0.1) is 0 Å². The molecule has 2 rings (SSSR count). The van der Waals surface area contributed by atoms with Crippen LogP contribution < -0.4 is 5.32 Å². The first-order valence-corrected chi connectivity index (χ1v) is 6.10. The van der Waals surface area contributed by atoms with E-state index in [1.165, 1.54) is 0 Å². The summed E-state index contributed by atoms with van der Waals surface area (Å²) in [6.45, 7) is 8.57. The molecule has 3 nitrogen and oxygen atoms in total. The van der Waals surface area contributed by atoms with Crippen molar-refractivity contribution in [1.29, 1.82) is 0 Å². The third kappa shape index (κ3) is 2.54. The van der Waals surface area contributed by atoms with Crippen molar-refractivity contribution >= 4 is 16.7 Å². The smallest absolute Gasteiger partial charge is 0.161 e. The first kappa shape index (κ1) is 11.8. The molecule has 1 N–H and O–H groups in total. The fourth-order valence-corrected chi connectivity index (χ4v) is 1.80. The first-order chi connectivity index (χ1) is 8.08. The van der Waals surface area contributed by atoms with Crippen LogP contribution in [0.25, 0.3) is 11.0 Å². The number of nitrogens with zero attached hydrogens (tertiary/aromatic N) is 2. The van der Waals surface area contributed by atoms with Crippen molar-refractivity contribution in [2.24, 2.45) is 0 Å². The van der Waals surface area contributed by atoms with Crippen molar-refractivity contribution in [3.8, 4) is 0 Å². The normalized spacial score (nSPS) is 11.4. The Hall–Kier alpha value is -1.64. The lowest BCUT2D eigenvalue weighted by Gasteiger charge is -2.15. The van der Waals surface area contributed by atoms with Crippen LogP contribution in [-0.2, 0) is 0 Å². The lowest BCUT2D eigenvalue weighted by molar-refractivity contribution is 0.825. The standard InChI is InChI=1S/C14H19N3/c1-9(2)12-8-13(16-10(3)4)11-6-5-7-15-14(11)17-12/h5-10H,1-4H3,(H,15,16,17).